The summed E-state index contributed by atoms with van der Waals surface area (Å²) in [5, 5.41) is 7.62. The van der Waals surface area contributed by atoms with E-state index < -0.39 is 0 Å². The van der Waals surface area contributed by atoms with Gasteiger partial charge in [0.25, 0.3) is 0 Å². The molecule has 0 spiro atoms. The SMILES string of the molecule is CC1(C)c2cc(N(c3ccccc3)c3ccccc3)ccc2-c2c1ccc1cc3c4cc(-c5ccccc5)cc5c6ccc(N(c7ccccc7)c7ccccc7)cc6n(c3cc21)c54. The van der Waals surface area contributed by atoms with Crippen molar-refractivity contribution in [3.63, 3.8) is 0 Å². The average Bonchev–Trinajstić information content (AvgIpc) is 3.93. The van der Waals surface area contributed by atoms with E-state index in [9.17, 15) is 0 Å². The molecule has 0 radical (unpaired) electrons. The molecule has 0 aliphatic heterocycles. The van der Waals surface area contributed by atoms with Crippen LogP contribution in [0, 0.1) is 0 Å². The molecule has 0 saturated carbocycles. The van der Waals surface area contributed by atoms with Gasteiger partial charge in [0.1, 0.15) is 0 Å². The van der Waals surface area contributed by atoms with Crippen molar-refractivity contribution >= 4 is 83.0 Å². The smallest absolute Gasteiger partial charge is 0.0620 e. The molecule has 0 N–H and O–H groups in total. The van der Waals surface area contributed by atoms with Crippen LogP contribution in [0.3, 0.4) is 0 Å². The Bertz CT molecular complexity index is 3650. The van der Waals surface area contributed by atoms with Crippen molar-refractivity contribution in [1.82, 2.24) is 4.40 Å². The van der Waals surface area contributed by atoms with Gasteiger partial charge in [0.2, 0.25) is 0 Å². The summed E-state index contributed by atoms with van der Waals surface area (Å²) in [6.07, 6.45) is 0. The van der Waals surface area contributed by atoms with E-state index in [-0.39, 0.29) is 5.41 Å². The number of rotatable bonds is 7. The summed E-state index contributed by atoms with van der Waals surface area (Å²) >= 11 is 0. The third-order valence-electron chi connectivity index (χ3n) is 13.8. The molecular weight excluding hydrogens is 775 g/mol. The number of fused-ring (bicyclic) bond motifs is 11. The maximum absolute atomic E-state index is 2.56. The minimum absolute atomic E-state index is 0.207. The van der Waals surface area contributed by atoms with Crippen LogP contribution in [0.25, 0.3) is 71.1 Å². The molecule has 0 unspecified atom stereocenters. The second-order valence-electron chi connectivity index (χ2n) is 17.8. The topological polar surface area (TPSA) is 10.9 Å². The summed E-state index contributed by atoms with van der Waals surface area (Å²) in [7, 11) is 0. The lowest BCUT2D eigenvalue weighted by Crippen LogP contribution is -2.16. The third kappa shape index (κ3) is 5.41. The van der Waals surface area contributed by atoms with Crippen LogP contribution >= 0.6 is 0 Å². The van der Waals surface area contributed by atoms with Gasteiger partial charge in [-0.1, -0.05) is 141 Å². The normalized spacial score (nSPS) is 13.0. The highest BCUT2D eigenvalue weighted by atomic mass is 15.1. The molecule has 10 aromatic carbocycles. The molecule has 3 nitrogen and oxygen atoms in total. The fourth-order valence-corrected chi connectivity index (χ4v) is 10.9. The first-order chi connectivity index (χ1) is 31.5. The Morgan fingerprint density at radius 1 is 0.344 bits per heavy atom. The number of aromatic nitrogens is 1. The maximum Gasteiger partial charge on any atom is 0.0620 e. The number of hydrogen-bond donors (Lipinski definition) is 0. The lowest BCUT2D eigenvalue weighted by molar-refractivity contribution is 0.661. The van der Waals surface area contributed by atoms with Gasteiger partial charge >= 0.3 is 0 Å². The zero-order valence-electron chi connectivity index (χ0n) is 35.7. The van der Waals surface area contributed by atoms with Crippen LogP contribution in [0.4, 0.5) is 34.1 Å². The van der Waals surface area contributed by atoms with Crippen molar-refractivity contribution in [3.8, 4) is 22.3 Å². The van der Waals surface area contributed by atoms with Crippen LogP contribution < -0.4 is 9.80 Å². The van der Waals surface area contributed by atoms with Gasteiger partial charge in [-0.2, -0.15) is 0 Å². The van der Waals surface area contributed by atoms with Gasteiger partial charge in [0, 0.05) is 61.1 Å². The Hall–Kier alpha value is -8.14. The van der Waals surface area contributed by atoms with Gasteiger partial charge in [-0.25, -0.2) is 0 Å². The summed E-state index contributed by atoms with van der Waals surface area (Å²) < 4.78 is 2.56. The largest absolute Gasteiger partial charge is 0.310 e. The highest BCUT2D eigenvalue weighted by Gasteiger charge is 2.37. The minimum atomic E-state index is -0.207. The summed E-state index contributed by atoms with van der Waals surface area (Å²) in [5.74, 6) is 0. The highest BCUT2D eigenvalue weighted by molar-refractivity contribution is 6.26. The van der Waals surface area contributed by atoms with Crippen molar-refractivity contribution in [2.45, 2.75) is 19.3 Å². The molecule has 0 saturated heterocycles. The monoisotopic (exact) mass is 817 g/mol. The lowest BCUT2D eigenvalue weighted by Gasteiger charge is -2.28. The molecule has 0 bridgehead atoms. The first-order valence-electron chi connectivity index (χ1n) is 22.3. The first-order valence-corrected chi connectivity index (χ1v) is 22.3. The van der Waals surface area contributed by atoms with Gasteiger partial charge < -0.3 is 14.2 Å². The van der Waals surface area contributed by atoms with Crippen LogP contribution in [-0.2, 0) is 5.41 Å². The minimum Gasteiger partial charge on any atom is -0.310 e. The molecular formula is C61H43N3. The molecule has 302 valence electrons. The summed E-state index contributed by atoms with van der Waals surface area (Å²) in [6.45, 7) is 4.79. The number of para-hydroxylation sites is 4. The van der Waals surface area contributed by atoms with E-state index in [1.807, 2.05) is 0 Å². The Morgan fingerprint density at radius 2 is 0.844 bits per heavy atom. The van der Waals surface area contributed by atoms with Crippen LogP contribution in [0.5, 0.6) is 0 Å². The van der Waals surface area contributed by atoms with Crippen molar-refractivity contribution < 1.29 is 0 Å². The van der Waals surface area contributed by atoms with Gasteiger partial charge in [-0.05, 0) is 141 Å². The fourth-order valence-electron chi connectivity index (χ4n) is 10.9. The lowest BCUT2D eigenvalue weighted by atomic mass is 9.82. The molecule has 64 heavy (non-hydrogen) atoms. The van der Waals surface area contributed by atoms with Crippen molar-refractivity contribution in [1.29, 1.82) is 0 Å². The number of benzene rings is 10. The summed E-state index contributed by atoms with van der Waals surface area (Å²) in [6, 6.07) is 82.4. The predicted molar refractivity (Wildman–Crippen MR) is 271 cm³/mol. The standard InChI is InChI=1S/C61H43N3/c1-61(2)55-33-28-41-34-52-54-36-42(40-18-8-3-9-19-40)35-53-49-31-29-48(63(45-24-14-6-15-25-45)46-26-16-7-17-27-46)38-57(49)64(60(53)54)58(52)39-51(41)59(55)50-32-30-47(37-56(50)61)62(43-20-10-4-11-21-43)44-22-12-5-13-23-44/h3-39H,1-2H3. The van der Waals surface area contributed by atoms with E-state index in [1.165, 1.54) is 82.2 Å². The van der Waals surface area contributed by atoms with Gasteiger partial charge in [-0.3, -0.25) is 0 Å². The van der Waals surface area contributed by atoms with Crippen molar-refractivity contribution in [2.24, 2.45) is 0 Å². The molecule has 0 amide bonds. The Labute approximate surface area is 372 Å². The molecule has 12 aromatic rings. The molecule has 2 aromatic heterocycles. The van der Waals surface area contributed by atoms with E-state index in [2.05, 4.69) is 253 Å². The predicted octanol–water partition coefficient (Wildman–Crippen LogP) is 16.9. The quantitative estimate of drug-likeness (QED) is 0.159. The number of nitrogens with zero attached hydrogens (tertiary/aromatic N) is 3. The number of hydrogen-bond acceptors (Lipinski definition) is 2. The van der Waals surface area contributed by atoms with Gasteiger partial charge in [-0.15, -0.1) is 0 Å². The Balaban J connectivity index is 1.07. The van der Waals surface area contributed by atoms with Gasteiger partial charge in [0.05, 0.1) is 16.6 Å². The Kier molecular flexibility index (Phi) is 7.95. The average molecular weight is 818 g/mol. The van der Waals surface area contributed by atoms with Crippen LogP contribution in [0.2, 0.25) is 0 Å². The zero-order valence-corrected chi connectivity index (χ0v) is 35.7. The van der Waals surface area contributed by atoms with Crippen LogP contribution in [0.15, 0.2) is 224 Å². The van der Waals surface area contributed by atoms with Crippen molar-refractivity contribution in [3.05, 3.63) is 236 Å². The molecule has 0 atom stereocenters. The molecule has 1 aliphatic carbocycles. The molecule has 13 rings (SSSR count). The molecule has 0 fully saturated rings. The molecule has 2 heterocycles. The maximum atomic E-state index is 2.56. The van der Waals surface area contributed by atoms with E-state index in [0.29, 0.717) is 0 Å². The van der Waals surface area contributed by atoms with Gasteiger partial charge in [0.15, 0.2) is 0 Å². The van der Waals surface area contributed by atoms with E-state index >= 15 is 0 Å². The highest BCUT2D eigenvalue weighted by Crippen LogP contribution is 2.54. The molecule has 1 aliphatic rings. The Morgan fingerprint density at radius 3 is 1.42 bits per heavy atom. The summed E-state index contributed by atoms with van der Waals surface area (Å²) in [5.41, 5.74) is 18.1. The second-order valence-corrected chi connectivity index (χ2v) is 17.8. The third-order valence-corrected chi connectivity index (χ3v) is 13.8. The second kappa shape index (κ2) is 13.9. The fraction of sp³-hybridized carbons (Fsp3) is 0.0492. The van der Waals surface area contributed by atoms with Crippen molar-refractivity contribution in [2.75, 3.05) is 9.80 Å². The van der Waals surface area contributed by atoms with Crippen LogP contribution in [-0.4, -0.2) is 4.40 Å². The van der Waals surface area contributed by atoms with E-state index in [1.54, 1.807) is 0 Å². The molecule has 3 heteroatoms. The van der Waals surface area contributed by atoms with Crippen LogP contribution in [0.1, 0.15) is 25.0 Å². The van der Waals surface area contributed by atoms with E-state index in [0.717, 1.165) is 34.1 Å². The zero-order chi connectivity index (χ0) is 42.5. The summed E-state index contributed by atoms with van der Waals surface area (Å²) in [4.78, 5) is 4.74. The number of anilines is 6. The van der Waals surface area contributed by atoms with E-state index in [4.69, 9.17) is 0 Å². The first kappa shape index (κ1) is 36.5.